The summed E-state index contributed by atoms with van der Waals surface area (Å²) in [4.78, 5) is 4.77. The first-order valence-corrected chi connectivity index (χ1v) is 8.04. The third-order valence-corrected chi connectivity index (χ3v) is 4.71. The number of nitrogens with one attached hydrogen (secondary N) is 1. The molecule has 1 saturated carbocycles. The number of hydrogen-bond donors (Lipinski definition) is 1. The predicted octanol–water partition coefficient (Wildman–Crippen LogP) is 3.33. The number of pyridine rings is 1. The van der Waals surface area contributed by atoms with Gasteiger partial charge in [-0.3, -0.25) is 0 Å². The van der Waals surface area contributed by atoms with E-state index in [1.54, 1.807) is 0 Å². The van der Waals surface area contributed by atoms with Crippen molar-refractivity contribution in [3.05, 3.63) is 30.1 Å². The van der Waals surface area contributed by atoms with Crippen molar-refractivity contribution in [3.63, 3.8) is 0 Å². The summed E-state index contributed by atoms with van der Waals surface area (Å²) in [6.07, 6.45) is 4.77. The lowest BCUT2D eigenvalue weighted by Gasteiger charge is -2.07. The molecule has 0 amide bonds. The Labute approximate surface area is 118 Å². The van der Waals surface area contributed by atoms with Crippen LogP contribution in [0.5, 0.6) is 0 Å². The maximum absolute atomic E-state index is 4.77. The molecule has 2 aromatic heterocycles. The van der Waals surface area contributed by atoms with E-state index < -0.39 is 0 Å². The third-order valence-electron chi connectivity index (χ3n) is 3.28. The van der Waals surface area contributed by atoms with Crippen molar-refractivity contribution >= 4 is 17.4 Å². The Morgan fingerprint density at radius 3 is 3.00 bits per heavy atom. The minimum atomic E-state index is 0.694. The largest absolute Gasteiger partial charge is 0.308 e. The van der Waals surface area contributed by atoms with Crippen molar-refractivity contribution in [2.24, 2.45) is 5.92 Å². The lowest BCUT2D eigenvalue weighted by Crippen LogP contribution is -2.17. The molecular formula is C15H21N3S. The van der Waals surface area contributed by atoms with Gasteiger partial charge in [-0.2, -0.15) is 0 Å². The Balaban J connectivity index is 1.86. The van der Waals surface area contributed by atoms with Gasteiger partial charge in [0.05, 0.1) is 5.69 Å². The zero-order valence-corrected chi connectivity index (χ0v) is 12.4. The normalized spacial score (nSPS) is 15.5. The van der Waals surface area contributed by atoms with Crippen molar-refractivity contribution < 1.29 is 0 Å². The Kier molecular flexibility index (Phi) is 3.80. The topological polar surface area (TPSA) is 29.3 Å². The molecule has 0 unspecified atom stereocenters. The van der Waals surface area contributed by atoms with Gasteiger partial charge in [-0.15, -0.1) is 11.8 Å². The Hall–Kier alpha value is -1.00. The zero-order chi connectivity index (χ0) is 13.2. The highest BCUT2D eigenvalue weighted by Crippen LogP contribution is 2.26. The molecule has 0 spiro atoms. The van der Waals surface area contributed by atoms with Gasteiger partial charge in [-0.1, -0.05) is 19.9 Å². The van der Waals surface area contributed by atoms with Crippen LogP contribution in [-0.4, -0.2) is 21.2 Å². The molecule has 0 radical (unpaired) electrons. The molecule has 0 atom stereocenters. The smallest absolute Gasteiger partial charge is 0.138 e. The van der Waals surface area contributed by atoms with E-state index in [2.05, 4.69) is 48.0 Å². The summed E-state index contributed by atoms with van der Waals surface area (Å²) in [6.45, 7) is 5.44. The molecule has 0 aliphatic heterocycles. The second kappa shape index (κ2) is 5.55. The molecule has 102 valence electrons. The third kappa shape index (κ3) is 3.12. The molecule has 1 N–H and O–H groups in total. The minimum absolute atomic E-state index is 0.694. The van der Waals surface area contributed by atoms with E-state index in [1.807, 2.05) is 11.8 Å². The van der Waals surface area contributed by atoms with Crippen LogP contribution in [0.4, 0.5) is 0 Å². The van der Waals surface area contributed by atoms with Crippen molar-refractivity contribution in [1.29, 1.82) is 0 Å². The lowest BCUT2D eigenvalue weighted by molar-refractivity contribution is 0.660. The maximum atomic E-state index is 4.77. The Morgan fingerprint density at radius 2 is 2.26 bits per heavy atom. The van der Waals surface area contributed by atoms with E-state index in [0.29, 0.717) is 5.92 Å². The van der Waals surface area contributed by atoms with Gasteiger partial charge in [0.15, 0.2) is 0 Å². The van der Waals surface area contributed by atoms with E-state index >= 15 is 0 Å². The van der Waals surface area contributed by atoms with Gasteiger partial charge >= 0.3 is 0 Å². The van der Waals surface area contributed by atoms with Crippen LogP contribution in [0.2, 0.25) is 0 Å². The van der Waals surface area contributed by atoms with E-state index in [0.717, 1.165) is 24.0 Å². The first-order valence-electron chi connectivity index (χ1n) is 7.06. The molecule has 0 bridgehead atoms. The maximum Gasteiger partial charge on any atom is 0.138 e. The molecule has 4 heteroatoms. The predicted molar refractivity (Wildman–Crippen MR) is 80.6 cm³/mol. The van der Waals surface area contributed by atoms with Crippen LogP contribution in [0.1, 0.15) is 32.4 Å². The fourth-order valence-electron chi connectivity index (χ4n) is 2.08. The van der Waals surface area contributed by atoms with Crippen LogP contribution in [0.15, 0.2) is 29.4 Å². The Bertz CT molecular complexity index is 558. The summed E-state index contributed by atoms with van der Waals surface area (Å²) in [7, 11) is 0. The van der Waals surface area contributed by atoms with Gasteiger partial charge in [0, 0.05) is 24.5 Å². The van der Waals surface area contributed by atoms with Gasteiger partial charge in [-0.05, 0) is 30.9 Å². The van der Waals surface area contributed by atoms with Crippen LogP contribution < -0.4 is 5.32 Å². The van der Waals surface area contributed by atoms with Crippen LogP contribution >= 0.6 is 11.8 Å². The van der Waals surface area contributed by atoms with Crippen LogP contribution in [0.3, 0.4) is 0 Å². The number of aromatic nitrogens is 2. The average molecular weight is 275 g/mol. The highest BCUT2D eigenvalue weighted by atomic mass is 32.2. The molecule has 2 aromatic rings. The van der Waals surface area contributed by atoms with Crippen LogP contribution in [0.25, 0.3) is 5.65 Å². The monoisotopic (exact) mass is 275 g/mol. The molecule has 1 fully saturated rings. The van der Waals surface area contributed by atoms with E-state index in [9.17, 15) is 0 Å². The first-order chi connectivity index (χ1) is 9.24. The van der Waals surface area contributed by atoms with Gasteiger partial charge in [0.25, 0.3) is 0 Å². The van der Waals surface area contributed by atoms with Crippen molar-refractivity contribution in [1.82, 2.24) is 14.7 Å². The van der Waals surface area contributed by atoms with Gasteiger partial charge in [0.2, 0.25) is 0 Å². The number of nitrogens with zero attached hydrogens (tertiary/aromatic N) is 2. The summed E-state index contributed by atoms with van der Waals surface area (Å²) >= 11 is 1.88. The molecule has 3 rings (SSSR count). The number of hydrogen-bond acceptors (Lipinski definition) is 3. The number of thioether (sulfide) groups is 1. The minimum Gasteiger partial charge on any atom is -0.308 e. The SMILES string of the molecule is CC(C)CSc1nc2ccccn2c1CNC1CC1. The molecule has 3 nitrogen and oxygen atoms in total. The number of fused-ring (bicyclic) bond motifs is 1. The van der Waals surface area contributed by atoms with E-state index in [4.69, 9.17) is 4.98 Å². The zero-order valence-electron chi connectivity index (χ0n) is 11.6. The lowest BCUT2D eigenvalue weighted by atomic mass is 10.3. The van der Waals surface area contributed by atoms with Gasteiger partial charge < -0.3 is 9.72 Å². The quantitative estimate of drug-likeness (QED) is 0.820. The van der Waals surface area contributed by atoms with Crippen LogP contribution in [-0.2, 0) is 6.54 Å². The van der Waals surface area contributed by atoms with E-state index in [1.165, 1.54) is 23.6 Å². The fraction of sp³-hybridized carbons (Fsp3) is 0.533. The molecule has 1 aliphatic carbocycles. The highest BCUT2D eigenvalue weighted by Gasteiger charge is 2.22. The highest BCUT2D eigenvalue weighted by molar-refractivity contribution is 7.99. The van der Waals surface area contributed by atoms with Crippen molar-refractivity contribution in [3.8, 4) is 0 Å². The number of imidazole rings is 1. The van der Waals surface area contributed by atoms with Crippen LogP contribution in [0, 0.1) is 5.92 Å². The van der Waals surface area contributed by atoms with Gasteiger partial charge in [-0.25, -0.2) is 4.98 Å². The summed E-state index contributed by atoms with van der Waals surface area (Å²) in [5, 5.41) is 4.79. The molecule has 19 heavy (non-hydrogen) atoms. The van der Waals surface area contributed by atoms with E-state index in [-0.39, 0.29) is 0 Å². The summed E-state index contributed by atoms with van der Waals surface area (Å²) in [6, 6.07) is 6.95. The standard InChI is InChI=1S/C15H21N3S/c1-11(2)10-19-15-13(9-16-12-6-7-12)18-8-4-3-5-14(18)17-15/h3-5,8,11-12,16H,6-7,9-10H2,1-2H3. The average Bonchev–Trinajstić information content (AvgIpc) is 3.15. The molecular weight excluding hydrogens is 254 g/mol. The second-order valence-electron chi connectivity index (χ2n) is 5.65. The summed E-state index contributed by atoms with van der Waals surface area (Å²) in [5.41, 5.74) is 2.37. The van der Waals surface area contributed by atoms with Crippen molar-refractivity contribution in [2.45, 2.75) is 44.3 Å². The second-order valence-corrected chi connectivity index (χ2v) is 6.66. The van der Waals surface area contributed by atoms with Gasteiger partial charge in [0.1, 0.15) is 10.7 Å². The molecule has 1 aliphatic rings. The number of rotatable bonds is 6. The fourth-order valence-corrected chi connectivity index (χ4v) is 3.06. The summed E-state index contributed by atoms with van der Waals surface area (Å²) in [5.74, 6) is 1.82. The molecule has 0 aromatic carbocycles. The molecule has 0 saturated heterocycles. The first kappa shape index (κ1) is 13.0. The van der Waals surface area contributed by atoms with Crippen molar-refractivity contribution in [2.75, 3.05) is 5.75 Å². The molecule has 2 heterocycles. The summed E-state index contributed by atoms with van der Waals surface area (Å²) < 4.78 is 2.22. The Morgan fingerprint density at radius 1 is 1.42 bits per heavy atom.